The summed E-state index contributed by atoms with van der Waals surface area (Å²) in [5.74, 6) is 0.208. The van der Waals surface area contributed by atoms with Crippen LogP contribution >= 0.6 is 0 Å². The van der Waals surface area contributed by atoms with Crippen molar-refractivity contribution in [3.63, 3.8) is 0 Å². The van der Waals surface area contributed by atoms with Crippen molar-refractivity contribution in [2.75, 3.05) is 5.73 Å². The number of hydrogen-bond donors (Lipinski definition) is 2. The van der Waals surface area contributed by atoms with E-state index < -0.39 is 10.8 Å². The van der Waals surface area contributed by atoms with Crippen LogP contribution < -0.4 is 11.1 Å². The highest BCUT2D eigenvalue weighted by molar-refractivity contribution is 5.98. The summed E-state index contributed by atoms with van der Waals surface area (Å²) >= 11 is 0. The highest BCUT2D eigenvalue weighted by Gasteiger charge is 2.22. The molecule has 0 aromatic carbocycles. The Bertz CT molecular complexity index is 517. The van der Waals surface area contributed by atoms with Gasteiger partial charge in [0.25, 0.3) is 11.6 Å². The Labute approximate surface area is 124 Å². The van der Waals surface area contributed by atoms with E-state index in [1.54, 1.807) is 0 Å². The lowest BCUT2D eigenvalue weighted by Crippen LogP contribution is -2.33. The van der Waals surface area contributed by atoms with Crippen molar-refractivity contribution in [3.8, 4) is 0 Å². The van der Waals surface area contributed by atoms with Gasteiger partial charge in [0, 0.05) is 6.04 Å². The number of carbonyl (C=O) groups excluding carboxylic acids is 1. The van der Waals surface area contributed by atoms with Crippen LogP contribution in [0.2, 0.25) is 0 Å². The third-order valence-electron chi connectivity index (χ3n) is 3.14. The van der Waals surface area contributed by atoms with Crippen LogP contribution in [0.15, 0.2) is 12.3 Å². The number of anilines is 1. The number of aromatic nitrogens is 1. The first kappa shape index (κ1) is 16.9. The standard InChI is InChI=1S/C14H22N4O3/c1-9(2)5-4-6-10(3)17-14(19)11-7-13(15)16-8-12(11)18(20)21/h7-10H,4-6H2,1-3H3,(H2,15,16)(H,17,19). The number of rotatable bonds is 7. The lowest BCUT2D eigenvalue weighted by Gasteiger charge is -2.14. The summed E-state index contributed by atoms with van der Waals surface area (Å²) in [7, 11) is 0. The Kier molecular flexibility index (Phi) is 6.08. The normalized spacial score (nSPS) is 12.2. The molecule has 0 bridgehead atoms. The molecule has 0 spiro atoms. The molecule has 1 rings (SSSR count). The topological polar surface area (TPSA) is 111 Å². The molecule has 0 aliphatic carbocycles. The third-order valence-corrected chi connectivity index (χ3v) is 3.14. The van der Waals surface area contributed by atoms with Crippen molar-refractivity contribution >= 4 is 17.4 Å². The summed E-state index contributed by atoms with van der Waals surface area (Å²) in [5.41, 5.74) is 5.11. The molecule has 0 saturated heterocycles. The number of nitrogens with zero attached hydrogens (tertiary/aromatic N) is 2. The monoisotopic (exact) mass is 294 g/mol. The molecule has 1 aromatic heterocycles. The van der Waals surface area contributed by atoms with Crippen molar-refractivity contribution in [2.24, 2.45) is 5.92 Å². The highest BCUT2D eigenvalue weighted by atomic mass is 16.6. The van der Waals surface area contributed by atoms with Crippen LogP contribution in [0.4, 0.5) is 11.5 Å². The van der Waals surface area contributed by atoms with E-state index in [2.05, 4.69) is 24.1 Å². The Balaban J connectivity index is 2.71. The summed E-state index contributed by atoms with van der Waals surface area (Å²) in [4.78, 5) is 26.1. The second-order valence-corrected chi connectivity index (χ2v) is 5.58. The average molecular weight is 294 g/mol. The predicted octanol–water partition coefficient (Wildman–Crippen LogP) is 2.52. The van der Waals surface area contributed by atoms with Crippen LogP contribution in [0.3, 0.4) is 0 Å². The zero-order valence-electron chi connectivity index (χ0n) is 12.6. The van der Waals surface area contributed by atoms with Crippen molar-refractivity contribution in [2.45, 2.75) is 46.1 Å². The maximum atomic E-state index is 12.1. The number of amides is 1. The Morgan fingerprint density at radius 2 is 2.10 bits per heavy atom. The van der Waals surface area contributed by atoms with Crippen LogP contribution in [-0.4, -0.2) is 21.9 Å². The van der Waals surface area contributed by atoms with Gasteiger partial charge in [0.15, 0.2) is 0 Å². The number of hydrogen-bond acceptors (Lipinski definition) is 5. The maximum absolute atomic E-state index is 12.1. The van der Waals surface area contributed by atoms with E-state index in [-0.39, 0.29) is 23.1 Å². The molecule has 0 aliphatic rings. The molecule has 1 aromatic rings. The first-order valence-corrected chi connectivity index (χ1v) is 7.02. The number of nitrogen functional groups attached to an aromatic ring is 1. The van der Waals surface area contributed by atoms with Gasteiger partial charge in [-0.15, -0.1) is 0 Å². The van der Waals surface area contributed by atoms with Gasteiger partial charge in [-0.2, -0.15) is 0 Å². The van der Waals surface area contributed by atoms with Crippen molar-refractivity contribution in [3.05, 3.63) is 27.9 Å². The van der Waals surface area contributed by atoms with E-state index in [0.29, 0.717) is 5.92 Å². The van der Waals surface area contributed by atoms with Gasteiger partial charge >= 0.3 is 0 Å². The minimum absolute atomic E-state index is 0.0507. The fraction of sp³-hybridized carbons (Fsp3) is 0.571. The van der Waals surface area contributed by atoms with Gasteiger partial charge in [-0.05, 0) is 25.3 Å². The Morgan fingerprint density at radius 1 is 1.43 bits per heavy atom. The lowest BCUT2D eigenvalue weighted by molar-refractivity contribution is -0.385. The van der Waals surface area contributed by atoms with Gasteiger partial charge in [0.1, 0.15) is 17.6 Å². The van der Waals surface area contributed by atoms with Crippen molar-refractivity contribution in [1.82, 2.24) is 10.3 Å². The van der Waals surface area contributed by atoms with Crippen LogP contribution in [0.1, 0.15) is 50.4 Å². The molecule has 0 aliphatic heterocycles. The number of nitro groups is 1. The second-order valence-electron chi connectivity index (χ2n) is 5.58. The molecule has 0 fully saturated rings. The average Bonchev–Trinajstić information content (AvgIpc) is 2.37. The zero-order chi connectivity index (χ0) is 16.0. The molecule has 3 N–H and O–H groups in total. The van der Waals surface area contributed by atoms with E-state index in [1.807, 2.05) is 6.92 Å². The molecule has 1 heterocycles. The van der Waals surface area contributed by atoms with E-state index in [4.69, 9.17) is 5.73 Å². The summed E-state index contributed by atoms with van der Waals surface area (Å²) in [6.07, 6.45) is 3.92. The molecule has 7 heteroatoms. The molecule has 21 heavy (non-hydrogen) atoms. The van der Waals surface area contributed by atoms with Gasteiger partial charge in [0.2, 0.25) is 0 Å². The van der Waals surface area contributed by atoms with Gasteiger partial charge in [0.05, 0.1) is 4.92 Å². The predicted molar refractivity (Wildman–Crippen MR) is 80.9 cm³/mol. The Hall–Kier alpha value is -2.18. The summed E-state index contributed by atoms with van der Waals surface area (Å²) in [5, 5.41) is 13.7. The minimum Gasteiger partial charge on any atom is -0.384 e. The highest BCUT2D eigenvalue weighted by Crippen LogP contribution is 2.19. The minimum atomic E-state index is -0.634. The summed E-state index contributed by atoms with van der Waals surface area (Å²) in [6, 6.07) is 1.18. The quantitative estimate of drug-likeness (QED) is 0.593. The van der Waals surface area contributed by atoms with E-state index in [9.17, 15) is 14.9 Å². The van der Waals surface area contributed by atoms with Crippen molar-refractivity contribution < 1.29 is 9.72 Å². The fourth-order valence-corrected chi connectivity index (χ4v) is 2.00. The first-order chi connectivity index (χ1) is 9.81. The van der Waals surface area contributed by atoms with Crippen LogP contribution in [-0.2, 0) is 0 Å². The number of nitrogens with two attached hydrogens (primary N) is 1. The SMILES string of the molecule is CC(C)CCCC(C)NC(=O)c1cc(N)ncc1[N+](=O)[O-]. The molecule has 7 nitrogen and oxygen atoms in total. The largest absolute Gasteiger partial charge is 0.384 e. The van der Waals surface area contributed by atoms with Crippen LogP contribution in [0.25, 0.3) is 0 Å². The third kappa shape index (κ3) is 5.37. The summed E-state index contributed by atoms with van der Waals surface area (Å²) in [6.45, 7) is 6.17. The molecule has 0 radical (unpaired) electrons. The molecule has 1 atom stereocenters. The number of nitrogens with one attached hydrogen (secondary N) is 1. The van der Waals surface area contributed by atoms with E-state index in [0.717, 1.165) is 25.5 Å². The zero-order valence-corrected chi connectivity index (χ0v) is 12.6. The maximum Gasteiger partial charge on any atom is 0.300 e. The van der Waals surface area contributed by atoms with Gasteiger partial charge < -0.3 is 11.1 Å². The second kappa shape index (κ2) is 7.56. The molecule has 1 amide bonds. The van der Waals surface area contributed by atoms with Crippen LogP contribution in [0.5, 0.6) is 0 Å². The molecule has 0 saturated carbocycles. The lowest BCUT2D eigenvalue weighted by atomic mass is 10.0. The van der Waals surface area contributed by atoms with Crippen molar-refractivity contribution in [1.29, 1.82) is 0 Å². The van der Waals surface area contributed by atoms with E-state index in [1.165, 1.54) is 6.07 Å². The Morgan fingerprint density at radius 3 is 2.67 bits per heavy atom. The van der Waals surface area contributed by atoms with Crippen LogP contribution in [0, 0.1) is 16.0 Å². The van der Waals surface area contributed by atoms with Gasteiger partial charge in [-0.1, -0.05) is 26.7 Å². The molecule has 116 valence electrons. The van der Waals surface area contributed by atoms with E-state index >= 15 is 0 Å². The molecular formula is C14H22N4O3. The molecular weight excluding hydrogens is 272 g/mol. The number of pyridine rings is 1. The number of carbonyl (C=O) groups is 1. The van der Waals surface area contributed by atoms with Gasteiger partial charge in [-0.25, -0.2) is 4.98 Å². The van der Waals surface area contributed by atoms with Gasteiger partial charge in [-0.3, -0.25) is 14.9 Å². The first-order valence-electron chi connectivity index (χ1n) is 7.02. The molecule has 1 unspecified atom stereocenters. The smallest absolute Gasteiger partial charge is 0.300 e. The summed E-state index contributed by atoms with van der Waals surface area (Å²) < 4.78 is 0. The fourth-order valence-electron chi connectivity index (χ4n) is 2.00.